The van der Waals surface area contributed by atoms with E-state index in [1.54, 1.807) is 14.2 Å². The van der Waals surface area contributed by atoms with Crippen molar-refractivity contribution >= 4 is 17.3 Å². The van der Waals surface area contributed by atoms with Crippen LogP contribution in [0.5, 0.6) is 17.2 Å². The lowest BCUT2D eigenvalue weighted by atomic mass is 9.96. The van der Waals surface area contributed by atoms with Gasteiger partial charge >= 0.3 is 0 Å². The molecule has 0 fully saturated rings. The molecule has 0 aromatic heterocycles. The molecule has 0 amide bonds. The van der Waals surface area contributed by atoms with Crippen molar-refractivity contribution in [1.82, 2.24) is 5.01 Å². The van der Waals surface area contributed by atoms with Crippen molar-refractivity contribution < 1.29 is 14.2 Å². The number of nitrogens with zero attached hydrogens (tertiary/aromatic N) is 2. The van der Waals surface area contributed by atoms with Gasteiger partial charge in [-0.1, -0.05) is 24.9 Å². The third-order valence-electron chi connectivity index (χ3n) is 5.08. The number of hydrogen-bond acceptors (Lipinski definition) is 5. The van der Waals surface area contributed by atoms with Crippen LogP contribution in [0.25, 0.3) is 0 Å². The molecule has 0 bridgehead atoms. The second-order valence-electron chi connectivity index (χ2n) is 6.76. The quantitative estimate of drug-likeness (QED) is 0.723. The van der Waals surface area contributed by atoms with E-state index in [0.29, 0.717) is 16.5 Å². The number of halogens is 1. The highest BCUT2D eigenvalue weighted by molar-refractivity contribution is 6.30. The summed E-state index contributed by atoms with van der Waals surface area (Å²) >= 11 is 6.25. The van der Waals surface area contributed by atoms with Gasteiger partial charge in [-0.2, -0.15) is 5.10 Å². The number of hydrogen-bond donors (Lipinski definition) is 0. The predicted molar refractivity (Wildman–Crippen MR) is 106 cm³/mol. The molecule has 2 aliphatic heterocycles. The molecular formula is C21H23ClN2O3. The predicted octanol–water partition coefficient (Wildman–Crippen LogP) is 5.03. The van der Waals surface area contributed by atoms with Crippen LogP contribution in [0.4, 0.5) is 0 Å². The van der Waals surface area contributed by atoms with Crippen LogP contribution >= 0.6 is 11.6 Å². The van der Waals surface area contributed by atoms with Gasteiger partial charge in [-0.25, -0.2) is 0 Å². The summed E-state index contributed by atoms with van der Waals surface area (Å²) in [5, 5.41) is 7.73. The molecule has 2 aliphatic rings. The molecule has 0 saturated heterocycles. The topological polar surface area (TPSA) is 43.3 Å². The summed E-state index contributed by atoms with van der Waals surface area (Å²) in [6.45, 7) is 2.16. The molecule has 2 atom stereocenters. The Morgan fingerprint density at radius 1 is 1.15 bits per heavy atom. The van der Waals surface area contributed by atoms with Gasteiger partial charge in [0, 0.05) is 29.0 Å². The highest BCUT2D eigenvalue weighted by Gasteiger charge is 2.40. The van der Waals surface area contributed by atoms with E-state index in [9.17, 15) is 0 Å². The Balaban J connectivity index is 1.71. The van der Waals surface area contributed by atoms with Crippen molar-refractivity contribution in [2.75, 3.05) is 14.2 Å². The van der Waals surface area contributed by atoms with E-state index in [4.69, 9.17) is 30.9 Å². The van der Waals surface area contributed by atoms with E-state index < -0.39 is 0 Å². The van der Waals surface area contributed by atoms with Crippen LogP contribution in [-0.2, 0) is 0 Å². The SMILES string of the molecule is CCC[C@H]1Oc2ccc(Cl)cc2[C@H]2CC(c3ccc(OC)c(OC)c3)=NN21. The van der Waals surface area contributed by atoms with Gasteiger partial charge in [0.15, 0.2) is 17.7 Å². The first kappa shape index (κ1) is 18.0. The van der Waals surface area contributed by atoms with E-state index in [1.165, 1.54) is 0 Å². The lowest BCUT2D eigenvalue weighted by Gasteiger charge is -2.38. The van der Waals surface area contributed by atoms with Crippen molar-refractivity contribution in [3.63, 3.8) is 0 Å². The van der Waals surface area contributed by atoms with Crippen molar-refractivity contribution in [1.29, 1.82) is 0 Å². The summed E-state index contributed by atoms with van der Waals surface area (Å²) in [7, 11) is 3.28. The zero-order valence-electron chi connectivity index (χ0n) is 15.7. The largest absolute Gasteiger partial charge is 0.493 e. The number of methoxy groups -OCH3 is 2. The monoisotopic (exact) mass is 386 g/mol. The van der Waals surface area contributed by atoms with E-state index in [1.807, 2.05) is 36.4 Å². The molecule has 0 N–H and O–H groups in total. The third-order valence-corrected chi connectivity index (χ3v) is 5.32. The molecule has 0 aliphatic carbocycles. The van der Waals surface area contributed by atoms with Gasteiger partial charge in [-0.15, -0.1) is 0 Å². The van der Waals surface area contributed by atoms with Gasteiger partial charge in [0.2, 0.25) is 0 Å². The molecule has 2 heterocycles. The Hall–Kier alpha value is -2.40. The van der Waals surface area contributed by atoms with Gasteiger partial charge in [-0.05, 0) is 36.4 Å². The van der Waals surface area contributed by atoms with Crippen LogP contribution in [-0.4, -0.2) is 31.2 Å². The number of hydrazone groups is 1. The van der Waals surface area contributed by atoms with Crippen molar-refractivity contribution in [3.05, 3.63) is 52.5 Å². The molecule has 0 unspecified atom stereocenters. The van der Waals surface area contributed by atoms with Gasteiger partial charge in [0.05, 0.1) is 26.0 Å². The van der Waals surface area contributed by atoms with Gasteiger partial charge < -0.3 is 14.2 Å². The highest BCUT2D eigenvalue weighted by Crippen LogP contribution is 2.45. The van der Waals surface area contributed by atoms with Crippen molar-refractivity contribution in [2.24, 2.45) is 5.10 Å². The maximum atomic E-state index is 6.25. The molecule has 2 aromatic rings. The fourth-order valence-electron chi connectivity index (χ4n) is 3.76. The minimum atomic E-state index is -0.0636. The van der Waals surface area contributed by atoms with Crippen LogP contribution in [0.2, 0.25) is 5.02 Å². The molecule has 0 radical (unpaired) electrons. The maximum Gasteiger partial charge on any atom is 0.187 e. The molecule has 142 valence electrons. The first-order valence-corrected chi connectivity index (χ1v) is 9.56. The zero-order valence-corrected chi connectivity index (χ0v) is 16.5. The molecule has 6 heteroatoms. The van der Waals surface area contributed by atoms with Crippen LogP contribution in [0.3, 0.4) is 0 Å². The molecule has 27 heavy (non-hydrogen) atoms. The standard InChI is InChI=1S/C21H23ClN2O3/c1-4-5-21-24-17(15-11-14(22)7-9-18(15)27-21)12-16(23-24)13-6-8-19(25-2)20(10-13)26-3/h6-11,17,21H,4-5,12H2,1-3H3/t17-,21-/m1/s1. The van der Waals surface area contributed by atoms with Crippen LogP contribution in [0.1, 0.15) is 43.4 Å². The Morgan fingerprint density at radius 2 is 1.96 bits per heavy atom. The Morgan fingerprint density at radius 3 is 2.70 bits per heavy atom. The van der Waals surface area contributed by atoms with Gasteiger partial charge in [0.1, 0.15) is 5.75 Å². The summed E-state index contributed by atoms with van der Waals surface area (Å²) in [6, 6.07) is 11.9. The first-order chi connectivity index (χ1) is 13.1. The minimum Gasteiger partial charge on any atom is -0.493 e. The summed E-state index contributed by atoms with van der Waals surface area (Å²) in [5.74, 6) is 2.32. The lowest BCUT2D eigenvalue weighted by molar-refractivity contribution is -0.0223. The van der Waals surface area contributed by atoms with Crippen LogP contribution < -0.4 is 14.2 Å². The maximum absolute atomic E-state index is 6.25. The summed E-state index contributed by atoms with van der Waals surface area (Å²) in [6.07, 6.45) is 2.68. The Labute approximate surface area is 164 Å². The average Bonchev–Trinajstić information content (AvgIpc) is 3.14. The smallest absolute Gasteiger partial charge is 0.187 e. The fourth-order valence-corrected chi connectivity index (χ4v) is 3.94. The average molecular weight is 387 g/mol. The Kier molecular flexibility index (Phi) is 4.87. The molecule has 0 spiro atoms. The van der Waals surface area contributed by atoms with E-state index >= 15 is 0 Å². The second-order valence-corrected chi connectivity index (χ2v) is 7.20. The van der Waals surface area contributed by atoms with Gasteiger partial charge in [0.25, 0.3) is 0 Å². The third kappa shape index (κ3) is 3.21. The molecular weight excluding hydrogens is 364 g/mol. The molecule has 4 rings (SSSR count). The number of ether oxygens (including phenoxy) is 3. The second kappa shape index (κ2) is 7.31. The fraction of sp³-hybridized carbons (Fsp3) is 0.381. The van der Waals surface area contributed by atoms with Crippen molar-refractivity contribution in [2.45, 2.75) is 38.5 Å². The van der Waals surface area contributed by atoms with E-state index in [-0.39, 0.29) is 12.3 Å². The Bertz CT molecular complexity index is 884. The highest BCUT2D eigenvalue weighted by atomic mass is 35.5. The van der Waals surface area contributed by atoms with Crippen LogP contribution in [0.15, 0.2) is 41.5 Å². The summed E-state index contributed by atoms with van der Waals surface area (Å²) in [4.78, 5) is 0. The van der Waals surface area contributed by atoms with Gasteiger partial charge in [-0.3, -0.25) is 5.01 Å². The summed E-state index contributed by atoms with van der Waals surface area (Å²) < 4.78 is 17.0. The number of fused-ring (bicyclic) bond motifs is 3. The number of benzene rings is 2. The summed E-state index contributed by atoms with van der Waals surface area (Å²) in [5.41, 5.74) is 3.13. The number of rotatable bonds is 5. The van der Waals surface area contributed by atoms with E-state index in [0.717, 1.165) is 41.9 Å². The molecule has 0 saturated carbocycles. The molecule has 5 nitrogen and oxygen atoms in total. The zero-order chi connectivity index (χ0) is 19.0. The van der Waals surface area contributed by atoms with Crippen LogP contribution in [0, 0.1) is 0 Å². The normalized spacial score (nSPS) is 20.4. The lowest BCUT2D eigenvalue weighted by Crippen LogP contribution is -2.40. The molecule has 2 aromatic carbocycles. The van der Waals surface area contributed by atoms with E-state index in [2.05, 4.69) is 11.9 Å². The first-order valence-electron chi connectivity index (χ1n) is 9.19. The minimum absolute atomic E-state index is 0.0636. The van der Waals surface area contributed by atoms with Crippen molar-refractivity contribution in [3.8, 4) is 17.2 Å².